The van der Waals surface area contributed by atoms with E-state index in [1.165, 1.54) is 6.08 Å². The van der Waals surface area contributed by atoms with E-state index in [0.717, 1.165) is 35.6 Å². The largest absolute Gasteiger partial charge is 0.388 e. The standard InChI is InChI=1S/C18H19NO2/c20-17(19-13-18(21)11-4-12-18)10-9-15-7-3-6-14-5-1-2-8-16(14)15/h1-3,5-10,21H,4,11-13H2,(H,19,20). The van der Waals surface area contributed by atoms with Gasteiger partial charge in [0.15, 0.2) is 0 Å². The summed E-state index contributed by atoms with van der Waals surface area (Å²) in [6.45, 7) is 0.339. The monoisotopic (exact) mass is 281 g/mol. The summed E-state index contributed by atoms with van der Waals surface area (Å²) in [7, 11) is 0. The second kappa shape index (κ2) is 5.70. The van der Waals surface area contributed by atoms with Gasteiger partial charge in [-0.15, -0.1) is 0 Å². The van der Waals surface area contributed by atoms with Crippen LogP contribution in [-0.2, 0) is 4.79 Å². The topological polar surface area (TPSA) is 49.3 Å². The molecule has 1 saturated carbocycles. The number of rotatable bonds is 4. The van der Waals surface area contributed by atoms with Crippen molar-refractivity contribution in [1.29, 1.82) is 0 Å². The van der Waals surface area contributed by atoms with Gasteiger partial charge in [-0.2, -0.15) is 0 Å². The number of carbonyl (C=O) groups is 1. The van der Waals surface area contributed by atoms with Crippen LogP contribution in [0.25, 0.3) is 16.8 Å². The number of amides is 1. The van der Waals surface area contributed by atoms with Crippen LogP contribution in [0.2, 0.25) is 0 Å². The zero-order chi connectivity index (χ0) is 14.7. The third kappa shape index (κ3) is 3.14. The van der Waals surface area contributed by atoms with E-state index in [0.29, 0.717) is 6.54 Å². The number of aliphatic hydroxyl groups is 1. The molecular formula is C18H19NO2. The fraction of sp³-hybridized carbons (Fsp3) is 0.278. The molecule has 0 atom stereocenters. The van der Waals surface area contributed by atoms with Gasteiger partial charge in [0.1, 0.15) is 0 Å². The first-order chi connectivity index (χ1) is 10.2. The number of fused-ring (bicyclic) bond motifs is 1. The molecule has 0 radical (unpaired) electrons. The second-order valence-corrected chi connectivity index (χ2v) is 5.70. The second-order valence-electron chi connectivity index (χ2n) is 5.70. The Balaban J connectivity index is 1.68. The van der Waals surface area contributed by atoms with Crippen molar-refractivity contribution >= 4 is 22.8 Å². The number of nitrogens with one attached hydrogen (secondary N) is 1. The number of hydrogen-bond acceptors (Lipinski definition) is 2. The quantitative estimate of drug-likeness (QED) is 0.847. The Morgan fingerprint density at radius 1 is 1.19 bits per heavy atom. The minimum Gasteiger partial charge on any atom is -0.388 e. The highest BCUT2D eigenvalue weighted by atomic mass is 16.3. The molecule has 3 nitrogen and oxygen atoms in total. The third-order valence-electron chi connectivity index (χ3n) is 4.11. The molecule has 0 spiro atoms. The lowest BCUT2D eigenvalue weighted by atomic mass is 9.80. The van der Waals surface area contributed by atoms with Crippen LogP contribution in [0.3, 0.4) is 0 Å². The minimum absolute atomic E-state index is 0.164. The fourth-order valence-electron chi connectivity index (χ4n) is 2.63. The Bertz CT molecular complexity index is 681. The molecule has 108 valence electrons. The first-order valence-corrected chi connectivity index (χ1v) is 7.32. The van der Waals surface area contributed by atoms with Crippen molar-refractivity contribution in [3.63, 3.8) is 0 Å². The Morgan fingerprint density at radius 3 is 2.71 bits per heavy atom. The molecule has 2 N–H and O–H groups in total. The van der Waals surface area contributed by atoms with E-state index in [-0.39, 0.29) is 5.91 Å². The van der Waals surface area contributed by atoms with Gasteiger partial charge in [0.2, 0.25) is 5.91 Å². The summed E-state index contributed by atoms with van der Waals surface area (Å²) in [4.78, 5) is 11.8. The fourth-order valence-corrected chi connectivity index (χ4v) is 2.63. The van der Waals surface area contributed by atoms with Gasteiger partial charge in [-0.3, -0.25) is 4.79 Å². The molecule has 0 saturated heterocycles. The molecule has 3 heteroatoms. The van der Waals surface area contributed by atoms with Gasteiger partial charge in [-0.1, -0.05) is 42.5 Å². The van der Waals surface area contributed by atoms with E-state index >= 15 is 0 Å². The van der Waals surface area contributed by atoms with Crippen LogP contribution in [0.1, 0.15) is 24.8 Å². The lowest BCUT2D eigenvalue weighted by Crippen LogP contribution is -2.47. The Morgan fingerprint density at radius 2 is 1.95 bits per heavy atom. The molecule has 2 aromatic rings. The number of carbonyl (C=O) groups excluding carboxylic acids is 1. The maximum Gasteiger partial charge on any atom is 0.244 e. The van der Waals surface area contributed by atoms with Gasteiger partial charge in [0, 0.05) is 12.6 Å². The third-order valence-corrected chi connectivity index (χ3v) is 4.11. The highest BCUT2D eigenvalue weighted by Gasteiger charge is 2.34. The molecule has 2 aromatic carbocycles. The van der Waals surface area contributed by atoms with Crippen molar-refractivity contribution in [3.05, 3.63) is 54.1 Å². The maximum atomic E-state index is 11.8. The van der Waals surface area contributed by atoms with E-state index in [9.17, 15) is 9.90 Å². The maximum absolute atomic E-state index is 11.8. The Hall–Kier alpha value is -2.13. The van der Waals surface area contributed by atoms with Crippen LogP contribution < -0.4 is 5.32 Å². The first-order valence-electron chi connectivity index (χ1n) is 7.32. The lowest BCUT2D eigenvalue weighted by Gasteiger charge is -2.36. The molecule has 0 heterocycles. The Kier molecular flexibility index (Phi) is 3.76. The normalized spacial score (nSPS) is 16.8. The SMILES string of the molecule is O=C(C=Cc1cccc2ccccc12)NCC1(O)CCC1. The van der Waals surface area contributed by atoms with Crippen LogP contribution in [0.5, 0.6) is 0 Å². The molecule has 1 fully saturated rings. The lowest BCUT2D eigenvalue weighted by molar-refractivity contribution is -0.118. The van der Waals surface area contributed by atoms with Crippen molar-refractivity contribution < 1.29 is 9.90 Å². The van der Waals surface area contributed by atoms with Crippen molar-refractivity contribution in [1.82, 2.24) is 5.32 Å². The van der Waals surface area contributed by atoms with E-state index in [4.69, 9.17) is 0 Å². The van der Waals surface area contributed by atoms with Crippen LogP contribution in [0.4, 0.5) is 0 Å². The zero-order valence-electron chi connectivity index (χ0n) is 11.9. The summed E-state index contributed by atoms with van der Waals surface area (Å²) < 4.78 is 0. The number of hydrogen-bond donors (Lipinski definition) is 2. The first kappa shape index (κ1) is 13.8. The zero-order valence-corrected chi connectivity index (χ0v) is 11.9. The molecular weight excluding hydrogens is 262 g/mol. The van der Waals surface area contributed by atoms with Gasteiger partial charge in [0.25, 0.3) is 0 Å². The summed E-state index contributed by atoms with van der Waals surface area (Å²) in [6, 6.07) is 14.1. The molecule has 3 rings (SSSR count). The van der Waals surface area contributed by atoms with Crippen molar-refractivity contribution in [3.8, 4) is 0 Å². The van der Waals surface area contributed by atoms with E-state index in [1.807, 2.05) is 36.4 Å². The molecule has 1 aliphatic rings. The van der Waals surface area contributed by atoms with Crippen molar-refractivity contribution in [2.24, 2.45) is 0 Å². The van der Waals surface area contributed by atoms with Crippen LogP contribution in [-0.4, -0.2) is 23.2 Å². The summed E-state index contributed by atoms with van der Waals surface area (Å²) in [5.74, 6) is -0.164. The Labute approximate surface area is 124 Å². The highest BCUT2D eigenvalue weighted by Crippen LogP contribution is 2.30. The van der Waals surface area contributed by atoms with Crippen LogP contribution in [0, 0.1) is 0 Å². The van der Waals surface area contributed by atoms with E-state index in [1.54, 1.807) is 0 Å². The van der Waals surface area contributed by atoms with Gasteiger partial charge < -0.3 is 10.4 Å². The van der Waals surface area contributed by atoms with Crippen LogP contribution in [0.15, 0.2) is 48.5 Å². The average molecular weight is 281 g/mol. The average Bonchev–Trinajstić information content (AvgIpc) is 2.49. The molecule has 0 aromatic heterocycles. The summed E-state index contributed by atoms with van der Waals surface area (Å²) in [5.41, 5.74) is 0.341. The summed E-state index contributed by atoms with van der Waals surface area (Å²) in [6.07, 6.45) is 5.95. The molecule has 0 bridgehead atoms. The summed E-state index contributed by atoms with van der Waals surface area (Å²) >= 11 is 0. The minimum atomic E-state index is -0.678. The summed E-state index contributed by atoms with van der Waals surface area (Å²) in [5, 5.41) is 15.0. The number of benzene rings is 2. The predicted molar refractivity (Wildman–Crippen MR) is 84.8 cm³/mol. The molecule has 0 unspecified atom stereocenters. The van der Waals surface area contributed by atoms with Gasteiger partial charge in [0.05, 0.1) is 5.60 Å². The highest BCUT2D eigenvalue weighted by molar-refractivity contribution is 5.96. The van der Waals surface area contributed by atoms with Gasteiger partial charge >= 0.3 is 0 Å². The van der Waals surface area contributed by atoms with Crippen molar-refractivity contribution in [2.75, 3.05) is 6.54 Å². The molecule has 1 amide bonds. The molecule has 1 aliphatic carbocycles. The van der Waals surface area contributed by atoms with Gasteiger partial charge in [-0.25, -0.2) is 0 Å². The molecule has 0 aliphatic heterocycles. The smallest absolute Gasteiger partial charge is 0.244 e. The van der Waals surface area contributed by atoms with E-state index < -0.39 is 5.60 Å². The predicted octanol–water partition coefficient (Wildman–Crippen LogP) is 2.88. The van der Waals surface area contributed by atoms with Crippen LogP contribution >= 0.6 is 0 Å². The molecule has 21 heavy (non-hydrogen) atoms. The van der Waals surface area contributed by atoms with Crippen molar-refractivity contribution in [2.45, 2.75) is 24.9 Å². The van der Waals surface area contributed by atoms with E-state index in [2.05, 4.69) is 17.4 Å². The van der Waals surface area contributed by atoms with Gasteiger partial charge in [-0.05, 0) is 41.7 Å².